The van der Waals surface area contributed by atoms with Gasteiger partial charge in [0.1, 0.15) is 0 Å². The predicted octanol–water partition coefficient (Wildman–Crippen LogP) is -0.118. The van der Waals surface area contributed by atoms with E-state index in [9.17, 15) is 0 Å². The highest BCUT2D eigenvalue weighted by atomic mass is 28.4. The smallest absolute Gasteiger partial charge is 0.163 e. The second kappa shape index (κ2) is 3.01. The van der Waals surface area contributed by atoms with E-state index in [2.05, 4.69) is 24.4 Å². The second-order valence-electron chi connectivity index (χ2n) is 1.94. The van der Waals surface area contributed by atoms with Crippen LogP contribution in [0.25, 0.3) is 0 Å². The lowest BCUT2D eigenvalue weighted by Crippen LogP contribution is -2.42. The minimum atomic E-state index is -1.33. The monoisotopic (exact) mass is 143 g/mol. The van der Waals surface area contributed by atoms with Crippen molar-refractivity contribution in [3.8, 4) is 0 Å². The Labute approximate surface area is 55.1 Å². The Morgan fingerprint density at radius 1 is 1.50 bits per heavy atom. The molecule has 0 atom stereocenters. The van der Waals surface area contributed by atoms with E-state index in [1.165, 1.54) is 0 Å². The Morgan fingerprint density at radius 3 is 1.88 bits per heavy atom. The molecule has 0 aliphatic rings. The predicted molar refractivity (Wildman–Crippen MR) is 45.1 cm³/mol. The van der Waals surface area contributed by atoms with Crippen LogP contribution in [0.15, 0.2) is 24.6 Å². The summed E-state index contributed by atoms with van der Waals surface area (Å²) in [5.74, 6) is 0. The number of nitrogens with one attached hydrogen (secondary N) is 1. The van der Waals surface area contributed by atoms with Crippen LogP contribution in [-0.2, 0) is 0 Å². The Hall–Kier alpha value is -0.126. The van der Waals surface area contributed by atoms with Gasteiger partial charge in [-0.05, 0) is 6.55 Å². The molecular weight excluding hydrogens is 130 g/mol. The van der Waals surface area contributed by atoms with Gasteiger partial charge in [0, 0.05) is 0 Å². The summed E-state index contributed by atoms with van der Waals surface area (Å²) in [6, 6.07) is 0. The lowest BCUT2D eigenvalue weighted by atomic mass is 11.2. The van der Waals surface area contributed by atoms with E-state index in [0.29, 0.717) is 0 Å². The molecule has 0 spiro atoms. The Kier molecular flexibility index (Phi) is 2.96. The second-order valence-corrected chi connectivity index (χ2v) is 7.32. The Morgan fingerprint density at radius 2 is 1.88 bits per heavy atom. The molecule has 1 N–H and O–H groups in total. The summed E-state index contributed by atoms with van der Waals surface area (Å²) in [5.41, 5.74) is 3.99. The van der Waals surface area contributed by atoms with E-state index in [4.69, 9.17) is 0 Å². The third kappa shape index (κ3) is 1.77. The molecule has 46 valence electrons. The first-order chi connectivity index (χ1) is 3.68. The molecule has 0 aromatic rings. The van der Waals surface area contributed by atoms with Crippen LogP contribution < -0.4 is 4.65 Å². The average Bonchev–Trinajstić information content (AvgIpc) is 1.87. The molecule has 0 saturated carbocycles. The van der Waals surface area contributed by atoms with E-state index in [1.807, 2.05) is 11.4 Å². The molecule has 0 rings (SSSR count). The molecule has 0 unspecified atom stereocenters. The number of hydrogen-bond donors (Lipinski definition) is 1. The van der Waals surface area contributed by atoms with Gasteiger partial charge < -0.3 is 4.65 Å². The molecule has 0 aromatic heterocycles. The van der Waals surface area contributed by atoms with Crippen molar-refractivity contribution >= 4 is 18.6 Å². The van der Waals surface area contributed by atoms with Crippen LogP contribution in [-0.4, -0.2) is 18.6 Å². The third-order valence-corrected chi connectivity index (χ3v) is 7.39. The van der Waals surface area contributed by atoms with Gasteiger partial charge in [-0.1, -0.05) is 11.4 Å². The van der Waals surface area contributed by atoms with Crippen molar-refractivity contribution in [2.24, 2.45) is 0 Å². The van der Waals surface area contributed by atoms with Crippen molar-refractivity contribution in [3.05, 3.63) is 24.6 Å². The van der Waals surface area contributed by atoms with Crippen molar-refractivity contribution in [3.63, 3.8) is 0 Å². The summed E-state index contributed by atoms with van der Waals surface area (Å²) in [6.45, 7) is 9.63. The fourth-order valence-electron chi connectivity index (χ4n) is 0.287. The molecule has 8 heavy (non-hydrogen) atoms. The maximum absolute atomic E-state index is 3.72. The van der Waals surface area contributed by atoms with Crippen LogP contribution in [0.4, 0.5) is 0 Å². The van der Waals surface area contributed by atoms with Gasteiger partial charge in [-0.2, -0.15) is 0 Å². The molecule has 0 bridgehead atoms. The lowest BCUT2D eigenvalue weighted by Gasteiger charge is -2.15. The molecule has 0 aromatic carbocycles. The lowest BCUT2D eigenvalue weighted by molar-refractivity contribution is 1.50. The summed E-state index contributed by atoms with van der Waals surface area (Å²) in [5, 5.41) is 0. The topological polar surface area (TPSA) is 12.0 Å². The first-order valence-corrected chi connectivity index (χ1v) is 6.30. The first-order valence-electron chi connectivity index (χ1n) is 2.64. The van der Waals surface area contributed by atoms with Crippen molar-refractivity contribution in [1.29, 1.82) is 0 Å². The first kappa shape index (κ1) is 7.87. The summed E-state index contributed by atoms with van der Waals surface area (Å²) in [4.78, 5) is 0. The van der Waals surface area contributed by atoms with Gasteiger partial charge in [-0.25, -0.2) is 0 Å². The van der Waals surface area contributed by atoms with Crippen molar-refractivity contribution in [1.82, 2.24) is 4.65 Å². The van der Waals surface area contributed by atoms with Gasteiger partial charge in [0.2, 0.25) is 0 Å². The standard InChI is InChI=1S/C5H13NSi2/c1-4-8(3,5-2)6-7/h4-6H,1-2H2,3,7H3. The molecule has 0 heterocycles. The molecule has 0 amide bonds. The highest BCUT2D eigenvalue weighted by Gasteiger charge is 2.13. The summed E-state index contributed by atoms with van der Waals surface area (Å²) >= 11 is 0. The van der Waals surface area contributed by atoms with E-state index >= 15 is 0 Å². The molecule has 0 aliphatic heterocycles. The fraction of sp³-hybridized carbons (Fsp3) is 0.200. The minimum Gasteiger partial charge on any atom is -0.360 e. The number of hydrogen-bond acceptors (Lipinski definition) is 1. The normalized spacial score (nSPS) is 11.1. The zero-order chi connectivity index (χ0) is 6.62. The van der Waals surface area contributed by atoms with Gasteiger partial charge in [0.05, 0.1) is 10.4 Å². The molecule has 0 fully saturated rings. The quantitative estimate of drug-likeness (QED) is 0.543. The maximum Gasteiger partial charge on any atom is 0.163 e. The SMILES string of the molecule is C=C[Si](C)(C=C)N[SiH3]. The minimum absolute atomic E-state index is 1.04. The zero-order valence-corrected chi connectivity index (χ0v) is 8.57. The largest absolute Gasteiger partial charge is 0.360 e. The molecule has 1 nitrogen and oxygen atoms in total. The molecule has 3 heteroatoms. The Balaban J connectivity index is 3.96. The third-order valence-electron chi connectivity index (χ3n) is 1.39. The fourth-order valence-corrected chi connectivity index (χ4v) is 2.09. The Bertz CT molecular complexity index is 92.6. The number of rotatable bonds is 3. The average molecular weight is 143 g/mol. The van der Waals surface area contributed by atoms with Gasteiger partial charge in [0.15, 0.2) is 8.24 Å². The van der Waals surface area contributed by atoms with Crippen LogP contribution in [0.3, 0.4) is 0 Å². The van der Waals surface area contributed by atoms with Crippen molar-refractivity contribution in [2.45, 2.75) is 6.55 Å². The molecular formula is C5H13NSi2. The van der Waals surface area contributed by atoms with Crippen molar-refractivity contribution < 1.29 is 0 Å². The van der Waals surface area contributed by atoms with Crippen molar-refractivity contribution in [2.75, 3.05) is 0 Å². The van der Waals surface area contributed by atoms with Crippen LogP contribution in [0.1, 0.15) is 0 Å². The van der Waals surface area contributed by atoms with E-state index in [1.54, 1.807) is 0 Å². The van der Waals surface area contributed by atoms with Crippen LogP contribution >= 0.6 is 0 Å². The van der Waals surface area contributed by atoms with Crippen LogP contribution in [0, 0.1) is 0 Å². The summed E-state index contributed by atoms with van der Waals surface area (Å²) in [6.07, 6.45) is 0. The zero-order valence-electron chi connectivity index (χ0n) is 5.57. The van der Waals surface area contributed by atoms with Gasteiger partial charge in [0.25, 0.3) is 0 Å². The summed E-state index contributed by atoms with van der Waals surface area (Å²) in [7, 11) is -0.297. The molecule has 0 saturated heterocycles. The highest BCUT2D eigenvalue weighted by molar-refractivity contribution is 6.88. The van der Waals surface area contributed by atoms with Gasteiger partial charge in [-0.3, -0.25) is 0 Å². The van der Waals surface area contributed by atoms with Crippen LogP contribution in [0.5, 0.6) is 0 Å². The summed E-state index contributed by atoms with van der Waals surface area (Å²) < 4.78 is 3.32. The molecule has 0 aliphatic carbocycles. The van der Waals surface area contributed by atoms with E-state index in [-0.39, 0.29) is 0 Å². The highest BCUT2D eigenvalue weighted by Crippen LogP contribution is 1.96. The van der Waals surface area contributed by atoms with Gasteiger partial charge >= 0.3 is 0 Å². The molecule has 0 radical (unpaired) electrons. The van der Waals surface area contributed by atoms with E-state index in [0.717, 1.165) is 10.4 Å². The van der Waals surface area contributed by atoms with E-state index < -0.39 is 8.24 Å². The maximum atomic E-state index is 3.72. The van der Waals surface area contributed by atoms with Crippen LogP contribution in [0.2, 0.25) is 6.55 Å². The van der Waals surface area contributed by atoms with Gasteiger partial charge in [-0.15, -0.1) is 13.2 Å².